The van der Waals surface area contributed by atoms with Crippen molar-refractivity contribution in [2.45, 2.75) is 39.9 Å². The highest BCUT2D eigenvalue weighted by Gasteiger charge is 2.38. The van der Waals surface area contributed by atoms with E-state index in [0.717, 1.165) is 33.5 Å². The molecule has 28 heavy (non-hydrogen) atoms. The van der Waals surface area contributed by atoms with Crippen molar-refractivity contribution in [1.29, 1.82) is 0 Å². The number of furan rings is 1. The van der Waals surface area contributed by atoms with Gasteiger partial charge in [0, 0.05) is 23.0 Å². The smallest absolute Gasteiger partial charge is 0.230 e. The average molecular weight is 376 g/mol. The Labute approximate surface area is 162 Å². The normalized spacial score (nSPS) is 16.6. The quantitative estimate of drug-likeness (QED) is 0.430. The van der Waals surface area contributed by atoms with Crippen LogP contribution in [0.25, 0.3) is 22.1 Å². The largest absolute Gasteiger partial charge is 0.435 e. The number of rotatable bonds is 2. The van der Waals surface area contributed by atoms with Gasteiger partial charge >= 0.3 is 0 Å². The summed E-state index contributed by atoms with van der Waals surface area (Å²) in [6, 6.07) is 11.6. The van der Waals surface area contributed by atoms with E-state index in [1.807, 2.05) is 18.3 Å². The number of hydrogen-bond acceptors (Lipinski definition) is 5. The predicted octanol–water partition coefficient (Wildman–Crippen LogP) is 5.54. The molecule has 142 valence electrons. The van der Waals surface area contributed by atoms with Crippen LogP contribution in [0.2, 0.25) is 0 Å². The summed E-state index contributed by atoms with van der Waals surface area (Å²) < 4.78 is 19.7. The number of aryl methyl sites for hydroxylation is 1. The van der Waals surface area contributed by atoms with Gasteiger partial charge in [-0.05, 0) is 57.5 Å². The number of hydrogen-bond donors (Lipinski definition) is 0. The van der Waals surface area contributed by atoms with Gasteiger partial charge in [-0.1, -0.05) is 12.1 Å². The lowest BCUT2D eigenvalue weighted by Crippen LogP contribution is -2.42. The molecule has 4 heterocycles. The van der Waals surface area contributed by atoms with Gasteiger partial charge in [-0.25, -0.2) is 4.98 Å². The lowest BCUT2D eigenvalue weighted by Gasteiger charge is -2.33. The fourth-order valence-electron chi connectivity index (χ4n) is 4.36. The highest BCUT2D eigenvalue weighted by atomic mass is 19.1. The Kier molecular flexibility index (Phi) is 3.59. The Hall–Kier alpha value is -3.15. The molecule has 0 spiro atoms. The standard InChI is InChI=1S/C22H21FN4O/c1-12(2)26-14(4)27(21-17(26)6-5-11-24-21)19-13(3)7-8-15-16-9-10-18(23)25-22(16)28-20(15)19/h5-12,14H,1-4H3/t14-/m0/s1. The Morgan fingerprint density at radius 2 is 1.89 bits per heavy atom. The zero-order valence-corrected chi connectivity index (χ0v) is 16.3. The van der Waals surface area contributed by atoms with Crippen molar-refractivity contribution in [3.63, 3.8) is 0 Å². The minimum Gasteiger partial charge on any atom is -0.435 e. The first-order valence-corrected chi connectivity index (χ1v) is 9.48. The van der Waals surface area contributed by atoms with Crippen LogP contribution < -0.4 is 9.80 Å². The van der Waals surface area contributed by atoms with E-state index in [1.54, 1.807) is 6.07 Å². The number of halogens is 1. The third kappa shape index (κ3) is 2.24. The molecule has 0 N–H and O–H groups in total. The second-order valence-electron chi connectivity index (χ2n) is 7.55. The molecule has 0 aliphatic carbocycles. The van der Waals surface area contributed by atoms with E-state index in [0.29, 0.717) is 17.3 Å². The molecule has 1 aromatic carbocycles. The van der Waals surface area contributed by atoms with Crippen LogP contribution in [0.4, 0.5) is 21.6 Å². The molecule has 1 aliphatic rings. The van der Waals surface area contributed by atoms with Crippen molar-refractivity contribution in [3.05, 3.63) is 54.1 Å². The summed E-state index contributed by atoms with van der Waals surface area (Å²) >= 11 is 0. The molecule has 1 atom stereocenters. The average Bonchev–Trinajstić information content (AvgIpc) is 3.16. The first-order chi connectivity index (χ1) is 13.5. The van der Waals surface area contributed by atoms with Crippen LogP contribution in [0.1, 0.15) is 26.3 Å². The monoisotopic (exact) mass is 376 g/mol. The SMILES string of the molecule is Cc1ccc2c(oc3nc(F)ccc32)c1N1c2ncccc2N(C(C)C)[C@@H]1C. The van der Waals surface area contributed by atoms with Crippen LogP contribution in [0.15, 0.2) is 47.0 Å². The minimum atomic E-state index is -0.544. The Morgan fingerprint density at radius 1 is 1.11 bits per heavy atom. The van der Waals surface area contributed by atoms with Crippen LogP contribution in [0, 0.1) is 12.9 Å². The second kappa shape index (κ2) is 5.92. The van der Waals surface area contributed by atoms with E-state index in [9.17, 15) is 4.39 Å². The molecule has 4 aromatic rings. The minimum absolute atomic E-state index is 0.0621. The fraction of sp³-hybridized carbons (Fsp3) is 0.273. The van der Waals surface area contributed by atoms with Crippen LogP contribution in [-0.4, -0.2) is 22.2 Å². The highest BCUT2D eigenvalue weighted by Crippen LogP contribution is 2.47. The molecule has 0 fully saturated rings. The number of aromatic nitrogens is 2. The van der Waals surface area contributed by atoms with Crippen molar-refractivity contribution >= 4 is 39.3 Å². The zero-order chi connectivity index (χ0) is 19.6. The molecule has 6 heteroatoms. The number of fused-ring (bicyclic) bond motifs is 4. The van der Waals surface area contributed by atoms with Crippen molar-refractivity contribution in [2.24, 2.45) is 0 Å². The third-order valence-electron chi connectivity index (χ3n) is 5.49. The van der Waals surface area contributed by atoms with Gasteiger partial charge in [0.1, 0.15) is 6.17 Å². The molecule has 0 radical (unpaired) electrons. The van der Waals surface area contributed by atoms with E-state index in [4.69, 9.17) is 4.42 Å². The number of nitrogens with zero attached hydrogens (tertiary/aromatic N) is 4. The molecule has 0 saturated heterocycles. The topological polar surface area (TPSA) is 45.4 Å². The Bertz CT molecular complexity index is 1220. The molecule has 0 saturated carbocycles. The molecule has 0 bridgehead atoms. The summed E-state index contributed by atoms with van der Waals surface area (Å²) in [4.78, 5) is 13.2. The zero-order valence-electron chi connectivity index (χ0n) is 16.3. The van der Waals surface area contributed by atoms with Crippen molar-refractivity contribution in [2.75, 3.05) is 9.80 Å². The molecule has 0 unspecified atom stereocenters. The maximum atomic E-state index is 13.6. The lowest BCUT2D eigenvalue weighted by atomic mass is 10.1. The highest BCUT2D eigenvalue weighted by molar-refractivity contribution is 6.09. The first kappa shape index (κ1) is 17.0. The van der Waals surface area contributed by atoms with Gasteiger partial charge in [0.2, 0.25) is 11.7 Å². The van der Waals surface area contributed by atoms with Gasteiger partial charge in [0.05, 0.1) is 11.4 Å². The molecule has 1 aliphatic heterocycles. The molecule has 3 aromatic heterocycles. The van der Waals surface area contributed by atoms with E-state index < -0.39 is 5.95 Å². The van der Waals surface area contributed by atoms with Gasteiger partial charge in [0.15, 0.2) is 11.4 Å². The fourth-order valence-corrected chi connectivity index (χ4v) is 4.36. The Balaban J connectivity index is 1.82. The summed E-state index contributed by atoms with van der Waals surface area (Å²) in [6.07, 6.45) is 1.88. The Morgan fingerprint density at radius 3 is 2.68 bits per heavy atom. The molecule has 0 amide bonds. The molecule has 5 rings (SSSR count). The van der Waals surface area contributed by atoms with Crippen molar-refractivity contribution < 1.29 is 8.81 Å². The van der Waals surface area contributed by atoms with E-state index in [1.165, 1.54) is 6.07 Å². The third-order valence-corrected chi connectivity index (χ3v) is 5.49. The number of pyridine rings is 2. The van der Waals surface area contributed by atoms with Crippen molar-refractivity contribution in [3.8, 4) is 0 Å². The summed E-state index contributed by atoms with van der Waals surface area (Å²) in [5.74, 6) is 0.358. The maximum absolute atomic E-state index is 13.6. The summed E-state index contributed by atoms with van der Waals surface area (Å²) in [6.45, 7) is 8.58. The van der Waals surface area contributed by atoms with Gasteiger partial charge < -0.3 is 14.2 Å². The van der Waals surface area contributed by atoms with Gasteiger partial charge in [0.25, 0.3) is 0 Å². The van der Waals surface area contributed by atoms with Crippen LogP contribution >= 0.6 is 0 Å². The lowest BCUT2D eigenvalue weighted by molar-refractivity contribution is 0.568. The maximum Gasteiger partial charge on any atom is 0.230 e. The van der Waals surface area contributed by atoms with E-state index in [-0.39, 0.29) is 6.17 Å². The van der Waals surface area contributed by atoms with Crippen molar-refractivity contribution in [1.82, 2.24) is 9.97 Å². The van der Waals surface area contributed by atoms with Gasteiger partial charge in [-0.2, -0.15) is 9.37 Å². The van der Waals surface area contributed by atoms with Crippen LogP contribution in [-0.2, 0) is 0 Å². The van der Waals surface area contributed by atoms with Gasteiger partial charge in [-0.3, -0.25) is 0 Å². The van der Waals surface area contributed by atoms with Gasteiger partial charge in [-0.15, -0.1) is 0 Å². The molecular formula is C22H21FN4O. The van der Waals surface area contributed by atoms with E-state index >= 15 is 0 Å². The van der Waals surface area contributed by atoms with Crippen LogP contribution in [0.3, 0.4) is 0 Å². The molecular weight excluding hydrogens is 355 g/mol. The number of benzene rings is 1. The second-order valence-corrected chi connectivity index (χ2v) is 7.55. The first-order valence-electron chi connectivity index (χ1n) is 9.48. The summed E-state index contributed by atoms with van der Waals surface area (Å²) in [5, 5.41) is 1.74. The van der Waals surface area contributed by atoms with Crippen LogP contribution in [0.5, 0.6) is 0 Å². The molecule has 5 nitrogen and oxygen atoms in total. The number of anilines is 3. The van der Waals surface area contributed by atoms with E-state index in [2.05, 4.69) is 59.6 Å². The predicted molar refractivity (Wildman–Crippen MR) is 110 cm³/mol. The summed E-state index contributed by atoms with van der Waals surface area (Å²) in [5.41, 5.74) is 4.15. The summed E-state index contributed by atoms with van der Waals surface area (Å²) in [7, 11) is 0.